The van der Waals surface area contributed by atoms with Gasteiger partial charge in [-0.05, 0) is 46.0 Å². The Kier molecular flexibility index (Phi) is 10.7. The molecule has 148 valence electrons. The molecule has 26 heavy (non-hydrogen) atoms. The molecule has 1 aromatic rings. The van der Waals surface area contributed by atoms with Crippen molar-refractivity contribution in [1.82, 2.24) is 15.6 Å². The average Bonchev–Trinajstić information content (AvgIpc) is 3.07. The van der Waals surface area contributed by atoms with Crippen molar-refractivity contribution >= 4 is 17.3 Å². The van der Waals surface area contributed by atoms with Crippen LogP contribution in [0.15, 0.2) is 10.4 Å². The van der Waals surface area contributed by atoms with Crippen molar-refractivity contribution < 1.29 is 4.74 Å². The third kappa shape index (κ3) is 8.99. The fourth-order valence-corrected chi connectivity index (χ4v) is 3.88. The molecule has 1 saturated carbocycles. The number of hydrogen-bond donors (Lipinski definition) is 2. The van der Waals surface area contributed by atoms with E-state index in [0.29, 0.717) is 6.10 Å². The number of thiazole rings is 1. The van der Waals surface area contributed by atoms with Crippen molar-refractivity contribution in [2.75, 3.05) is 26.2 Å². The fraction of sp³-hybridized carbons (Fsp3) is 0.800. The van der Waals surface area contributed by atoms with E-state index in [4.69, 9.17) is 4.74 Å². The molecular formula is C20H36N4OS. The molecular weight excluding hydrogens is 344 g/mol. The van der Waals surface area contributed by atoms with Crippen LogP contribution in [-0.4, -0.2) is 43.3 Å². The lowest BCUT2D eigenvalue weighted by Gasteiger charge is -2.21. The predicted octanol–water partition coefficient (Wildman–Crippen LogP) is 4.07. The van der Waals surface area contributed by atoms with Gasteiger partial charge in [-0.1, -0.05) is 19.3 Å². The van der Waals surface area contributed by atoms with E-state index in [1.54, 1.807) is 11.3 Å². The van der Waals surface area contributed by atoms with Crippen LogP contribution in [0.3, 0.4) is 0 Å². The zero-order valence-corrected chi connectivity index (χ0v) is 17.4. The van der Waals surface area contributed by atoms with Gasteiger partial charge in [-0.2, -0.15) is 0 Å². The first-order chi connectivity index (χ1) is 12.8. The van der Waals surface area contributed by atoms with Gasteiger partial charge in [0.2, 0.25) is 0 Å². The quantitative estimate of drug-likeness (QED) is 0.345. The first kappa shape index (κ1) is 21.2. The molecule has 5 nitrogen and oxygen atoms in total. The van der Waals surface area contributed by atoms with Gasteiger partial charge in [0.1, 0.15) is 0 Å². The first-order valence-corrected chi connectivity index (χ1v) is 11.2. The molecule has 0 radical (unpaired) electrons. The summed E-state index contributed by atoms with van der Waals surface area (Å²) in [6.45, 7) is 7.69. The minimum atomic E-state index is 0.535. The normalized spacial score (nSPS) is 16.0. The molecule has 0 spiro atoms. The van der Waals surface area contributed by atoms with Crippen molar-refractivity contribution in [3.05, 3.63) is 16.1 Å². The highest BCUT2D eigenvalue weighted by Gasteiger charge is 2.12. The molecule has 0 aromatic carbocycles. The molecule has 0 saturated heterocycles. The van der Waals surface area contributed by atoms with E-state index in [1.165, 1.54) is 38.5 Å². The second kappa shape index (κ2) is 13.1. The van der Waals surface area contributed by atoms with Crippen LogP contribution in [0.4, 0.5) is 0 Å². The van der Waals surface area contributed by atoms with Crippen molar-refractivity contribution in [2.24, 2.45) is 4.99 Å². The lowest BCUT2D eigenvalue weighted by atomic mass is 9.98. The van der Waals surface area contributed by atoms with Crippen molar-refractivity contribution in [3.8, 4) is 0 Å². The molecule has 0 atom stereocenters. The maximum Gasteiger partial charge on any atom is 0.191 e. The molecule has 0 aliphatic heterocycles. The Morgan fingerprint density at radius 3 is 2.81 bits per heavy atom. The maximum atomic E-state index is 5.98. The summed E-state index contributed by atoms with van der Waals surface area (Å²) in [6.07, 6.45) is 11.6. The number of rotatable bonds is 11. The van der Waals surface area contributed by atoms with Crippen molar-refractivity contribution in [3.63, 3.8) is 0 Å². The van der Waals surface area contributed by atoms with Crippen LogP contribution in [0.25, 0.3) is 0 Å². The van der Waals surface area contributed by atoms with E-state index in [-0.39, 0.29) is 0 Å². The summed E-state index contributed by atoms with van der Waals surface area (Å²) >= 11 is 1.71. The van der Waals surface area contributed by atoms with Gasteiger partial charge in [0.15, 0.2) is 5.96 Å². The summed E-state index contributed by atoms with van der Waals surface area (Å²) in [4.78, 5) is 9.17. The van der Waals surface area contributed by atoms with Crippen molar-refractivity contribution in [1.29, 1.82) is 0 Å². The van der Waals surface area contributed by atoms with Crippen LogP contribution < -0.4 is 10.6 Å². The van der Waals surface area contributed by atoms with Gasteiger partial charge < -0.3 is 15.4 Å². The Labute approximate surface area is 163 Å². The van der Waals surface area contributed by atoms with Gasteiger partial charge in [0.25, 0.3) is 0 Å². The number of aliphatic imine (C=N–C) groups is 1. The van der Waals surface area contributed by atoms with Gasteiger partial charge in [0, 0.05) is 38.0 Å². The SMILES string of the molecule is CCNC(=NCCCCCOC1CCCCC1)NCCc1csc(C)n1. The summed E-state index contributed by atoms with van der Waals surface area (Å²) in [6, 6.07) is 0. The average molecular weight is 381 g/mol. The molecule has 1 aromatic heterocycles. The first-order valence-electron chi connectivity index (χ1n) is 10.3. The lowest BCUT2D eigenvalue weighted by molar-refractivity contribution is 0.0264. The van der Waals surface area contributed by atoms with Crippen LogP contribution >= 0.6 is 11.3 Å². The van der Waals surface area contributed by atoms with E-state index in [2.05, 4.69) is 32.9 Å². The molecule has 1 heterocycles. The number of nitrogens with zero attached hydrogens (tertiary/aromatic N) is 2. The molecule has 0 bridgehead atoms. The zero-order chi connectivity index (χ0) is 18.5. The number of aryl methyl sites for hydroxylation is 1. The monoisotopic (exact) mass is 380 g/mol. The number of guanidine groups is 1. The van der Waals surface area contributed by atoms with E-state index >= 15 is 0 Å². The third-order valence-corrected chi connectivity index (χ3v) is 5.48. The highest BCUT2D eigenvalue weighted by Crippen LogP contribution is 2.20. The number of ether oxygens (including phenoxy) is 1. The van der Waals surface area contributed by atoms with Gasteiger partial charge in [-0.25, -0.2) is 4.98 Å². The molecule has 1 aliphatic carbocycles. The molecule has 0 amide bonds. The molecule has 2 N–H and O–H groups in total. The second-order valence-corrected chi connectivity index (χ2v) is 8.05. The molecule has 0 unspecified atom stereocenters. The van der Waals surface area contributed by atoms with Crippen LogP contribution in [0.1, 0.15) is 69.0 Å². The summed E-state index contributed by atoms with van der Waals surface area (Å²) in [5, 5.41) is 9.99. The summed E-state index contributed by atoms with van der Waals surface area (Å²) in [5.41, 5.74) is 1.16. The third-order valence-electron chi connectivity index (χ3n) is 4.66. The van der Waals surface area contributed by atoms with E-state index in [1.807, 2.05) is 6.92 Å². The Bertz CT molecular complexity index is 512. The summed E-state index contributed by atoms with van der Waals surface area (Å²) in [7, 11) is 0. The van der Waals surface area contributed by atoms with E-state index in [9.17, 15) is 0 Å². The van der Waals surface area contributed by atoms with Gasteiger partial charge in [-0.15, -0.1) is 11.3 Å². The maximum absolute atomic E-state index is 5.98. The highest BCUT2D eigenvalue weighted by atomic mass is 32.1. The summed E-state index contributed by atoms with van der Waals surface area (Å²) < 4.78 is 5.98. The Hall–Kier alpha value is -1.14. The number of unbranched alkanes of at least 4 members (excludes halogenated alkanes) is 2. The summed E-state index contributed by atoms with van der Waals surface area (Å²) in [5.74, 6) is 0.915. The van der Waals surface area contributed by atoms with Gasteiger partial charge in [-0.3, -0.25) is 4.99 Å². The van der Waals surface area contributed by atoms with E-state index < -0.39 is 0 Å². The topological polar surface area (TPSA) is 58.5 Å². The number of hydrogen-bond acceptors (Lipinski definition) is 4. The van der Waals surface area contributed by atoms with Crippen LogP contribution in [-0.2, 0) is 11.2 Å². The van der Waals surface area contributed by atoms with Crippen LogP contribution in [0, 0.1) is 6.92 Å². The van der Waals surface area contributed by atoms with Gasteiger partial charge >= 0.3 is 0 Å². The number of nitrogens with one attached hydrogen (secondary N) is 2. The molecule has 1 fully saturated rings. The Morgan fingerprint density at radius 2 is 2.08 bits per heavy atom. The van der Waals surface area contributed by atoms with Crippen LogP contribution in [0.5, 0.6) is 0 Å². The smallest absolute Gasteiger partial charge is 0.191 e. The predicted molar refractivity (Wildman–Crippen MR) is 111 cm³/mol. The molecule has 1 aliphatic rings. The fourth-order valence-electron chi connectivity index (χ4n) is 3.24. The minimum Gasteiger partial charge on any atom is -0.378 e. The standard InChI is InChI=1S/C20H36N4OS/c1-3-21-20(23-14-12-18-16-26-17(2)24-18)22-13-8-5-9-15-25-19-10-6-4-7-11-19/h16,19H,3-15H2,1-2H3,(H2,21,22,23). The Morgan fingerprint density at radius 1 is 1.23 bits per heavy atom. The van der Waals surface area contributed by atoms with E-state index in [0.717, 1.165) is 62.2 Å². The number of aromatic nitrogens is 1. The second-order valence-electron chi connectivity index (χ2n) is 6.99. The van der Waals surface area contributed by atoms with Gasteiger partial charge in [0.05, 0.1) is 16.8 Å². The van der Waals surface area contributed by atoms with Crippen LogP contribution in [0.2, 0.25) is 0 Å². The highest BCUT2D eigenvalue weighted by molar-refractivity contribution is 7.09. The Balaban J connectivity index is 1.52. The lowest BCUT2D eigenvalue weighted by Crippen LogP contribution is -2.38. The van der Waals surface area contributed by atoms with Crippen molar-refractivity contribution in [2.45, 2.75) is 77.7 Å². The zero-order valence-electron chi connectivity index (χ0n) is 16.6. The minimum absolute atomic E-state index is 0.535. The largest absolute Gasteiger partial charge is 0.378 e. The molecule has 6 heteroatoms. The molecule has 2 rings (SSSR count).